The molecule has 1 aromatic carbocycles. The first kappa shape index (κ1) is 23.7. The number of unbranched alkanes of at least 4 members (excludes halogenated alkanes) is 2. The van der Waals surface area contributed by atoms with Crippen molar-refractivity contribution < 1.29 is 9.53 Å². The molecule has 1 heterocycles. The number of rotatable bonds is 10. The quantitative estimate of drug-likeness (QED) is 0.228. The molecule has 1 atom stereocenters. The van der Waals surface area contributed by atoms with Crippen molar-refractivity contribution in [3.63, 3.8) is 0 Å². The van der Waals surface area contributed by atoms with E-state index in [1.165, 1.54) is 23.8 Å². The minimum atomic E-state index is -0.128. The number of hydrogen-bond acceptors (Lipinski definition) is 3. The van der Waals surface area contributed by atoms with Gasteiger partial charge in [-0.15, -0.1) is 0 Å². The van der Waals surface area contributed by atoms with Crippen LogP contribution in [0.25, 0.3) is 17.2 Å². The molecule has 0 aliphatic heterocycles. The standard InChI is InChI=1S/C27H32O2S/c1-22(2)12-7-6-10-16-24(27(28)29-3)15-9-5-4-8-13-23-14-11-17-25(20-23)26-18-19-30-21-26/h6,8,10-11,13-14,17-22,24H,4-5,9,15-16H2,1-3H3/b10-6+,13-8+. The molecule has 0 radical (unpaired) electrons. The molecule has 0 saturated heterocycles. The van der Waals surface area contributed by atoms with Crippen LogP contribution in [0.1, 0.15) is 51.5 Å². The van der Waals surface area contributed by atoms with Crippen molar-refractivity contribution in [3.8, 4) is 23.0 Å². The SMILES string of the molecule is COC(=O)C(C/C=C/C#CC(C)C)CCCC/C=C/c1cccc(-c2ccsc2)c1. The maximum atomic E-state index is 12.0. The molecule has 2 nitrogen and oxygen atoms in total. The maximum absolute atomic E-state index is 12.0. The zero-order valence-corrected chi connectivity index (χ0v) is 19.1. The summed E-state index contributed by atoms with van der Waals surface area (Å²) in [7, 11) is 1.46. The molecule has 30 heavy (non-hydrogen) atoms. The topological polar surface area (TPSA) is 26.3 Å². The van der Waals surface area contributed by atoms with Gasteiger partial charge in [-0.3, -0.25) is 4.79 Å². The van der Waals surface area contributed by atoms with E-state index in [1.54, 1.807) is 11.3 Å². The van der Waals surface area contributed by atoms with Gasteiger partial charge in [0.1, 0.15) is 0 Å². The lowest BCUT2D eigenvalue weighted by molar-refractivity contribution is -0.145. The zero-order valence-electron chi connectivity index (χ0n) is 18.3. The number of esters is 1. The highest BCUT2D eigenvalue weighted by Crippen LogP contribution is 2.23. The van der Waals surface area contributed by atoms with Crippen LogP contribution in [0.2, 0.25) is 0 Å². The van der Waals surface area contributed by atoms with Gasteiger partial charge in [0.15, 0.2) is 0 Å². The number of thiophene rings is 1. The monoisotopic (exact) mass is 420 g/mol. The summed E-state index contributed by atoms with van der Waals surface area (Å²) in [6.45, 7) is 4.12. The van der Waals surface area contributed by atoms with E-state index in [-0.39, 0.29) is 11.9 Å². The average Bonchev–Trinajstić information content (AvgIpc) is 3.29. The van der Waals surface area contributed by atoms with E-state index in [9.17, 15) is 4.79 Å². The molecule has 0 spiro atoms. The molecular formula is C27H32O2S. The number of ether oxygens (including phenoxy) is 1. The summed E-state index contributed by atoms with van der Waals surface area (Å²) in [5, 5.41) is 4.28. The highest BCUT2D eigenvalue weighted by molar-refractivity contribution is 7.08. The number of carbonyl (C=O) groups excluding carboxylic acids is 1. The first-order chi connectivity index (χ1) is 14.6. The molecule has 2 rings (SSSR count). The third kappa shape index (κ3) is 8.84. The van der Waals surface area contributed by atoms with Crippen molar-refractivity contribution in [3.05, 3.63) is 64.9 Å². The summed E-state index contributed by atoms with van der Waals surface area (Å²) in [4.78, 5) is 12.0. The van der Waals surface area contributed by atoms with Crippen LogP contribution >= 0.6 is 11.3 Å². The van der Waals surface area contributed by atoms with Crippen molar-refractivity contribution in [1.82, 2.24) is 0 Å². The van der Waals surface area contributed by atoms with E-state index >= 15 is 0 Å². The van der Waals surface area contributed by atoms with Crippen molar-refractivity contribution in [2.24, 2.45) is 11.8 Å². The van der Waals surface area contributed by atoms with Gasteiger partial charge in [-0.25, -0.2) is 0 Å². The first-order valence-corrected chi connectivity index (χ1v) is 11.6. The lowest BCUT2D eigenvalue weighted by Gasteiger charge is -2.11. The van der Waals surface area contributed by atoms with E-state index in [0.29, 0.717) is 12.3 Å². The van der Waals surface area contributed by atoms with Gasteiger partial charge in [-0.1, -0.05) is 68.5 Å². The predicted molar refractivity (Wildman–Crippen MR) is 129 cm³/mol. The normalized spacial score (nSPS) is 12.3. The van der Waals surface area contributed by atoms with Crippen LogP contribution in [0, 0.1) is 23.7 Å². The molecule has 0 fully saturated rings. The third-order valence-corrected chi connectivity index (χ3v) is 5.44. The van der Waals surface area contributed by atoms with Gasteiger partial charge in [0.2, 0.25) is 0 Å². The van der Waals surface area contributed by atoms with Gasteiger partial charge in [0, 0.05) is 5.92 Å². The smallest absolute Gasteiger partial charge is 0.308 e. The van der Waals surface area contributed by atoms with Crippen LogP contribution in [0.4, 0.5) is 0 Å². The molecule has 0 amide bonds. The Morgan fingerprint density at radius 2 is 2.03 bits per heavy atom. The highest BCUT2D eigenvalue weighted by Gasteiger charge is 2.16. The highest BCUT2D eigenvalue weighted by atomic mass is 32.1. The molecule has 1 unspecified atom stereocenters. The average molecular weight is 421 g/mol. The Balaban J connectivity index is 1.76. The predicted octanol–water partition coefficient (Wildman–Crippen LogP) is 7.38. The Labute approximate surface area is 185 Å². The van der Waals surface area contributed by atoms with Gasteiger partial charge < -0.3 is 4.74 Å². The van der Waals surface area contributed by atoms with E-state index in [1.807, 2.05) is 12.2 Å². The molecule has 0 N–H and O–H groups in total. The minimum absolute atomic E-state index is 0.0848. The van der Waals surface area contributed by atoms with Gasteiger partial charge in [-0.05, 0) is 71.3 Å². The molecular weight excluding hydrogens is 388 g/mol. The molecule has 158 valence electrons. The molecule has 0 bridgehead atoms. The number of benzene rings is 1. The largest absolute Gasteiger partial charge is 0.469 e. The van der Waals surface area contributed by atoms with Crippen LogP contribution in [0.15, 0.2) is 59.3 Å². The first-order valence-electron chi connectivity index (χ1n) is 10.6. The second-order valence-corrected chi connectivity index (χ2v) is 8.41. The molecule has 0 saturated carbocycles. The summed E-state index contributed by atoms with van der Waals surface area (Å²) < 4.78 is 4.96. The van der Waals surface area contributed by atoms with E-state index in [0.717, 1.165) is 25.7 Å². The van der Waals surface area contributed by atoms with Crippen LogP contribution in [0.3, 0.4) is 0 Å². The number of hydrogen-bond donors (Lipinski definition) is 0. The Hall–Kier alpha value is -2.57. The molecule has 2 aromatic rings. The minimum Gasteiger partial charge on any atom is -0.469 e. The number of methoxy groups -OCH3 is 1. The lowest BCUT2D eigenvalue weighted by atomic mass is 9.97. The summed E-state index contributed by atoms with van der Waals surface area (Å²) >= 11 is 1.72. The summed E-state index contributed by atoms with van der Waals surface area (Å²) in [5.74, 6) is 6.26. The number of carbonyl (C=O) groups is 1. The zero-order chi connectivity index (χ0) is 21.6. The lowest BCUT2D eigenvalue weighted by Crippen LogP contribution is -2.15. The molecule has 1 aromatic heterocycles. The Kier molecular flexibility index (Phi) is 10.8. The van der Waals surface area contributed by atoms with Gasteiger partial charge in [0.05, 0.1) is 13.0 Å². The van der Waals surface area contributed by atoms with E-state index in [2.05, 4.69) is 78.9 Å². The fraction of sp³-hybridized carbons (Fsp3) is 0.370. The van der Waals surface area contributed by atoms with Crippen LogP contribution in [0.5, 0.6) is 0 Å². The van der Waals surface area contributed by atoms with Crippen molar-refractivity contribution in [1.29, 1.82) is 0 Å². The van der Waals surface area contributed by atoms with Crippen LogP contribution in [-0.2, 0) is 9.53 Å². The van der Waals surface area contributed by atoms with Crippen molar-refractivity contribution in [2.45, 2.75) is 46.0 Å². The van der Waals surface area contributed by atoms with Crippen molar-refractivity contribution in [2.75, 3.05) is 7.11 Å². The molecule has 3 heteroatoms. The van der Waals surface area contributed by atoms with Gasteiger partial charge in [0.25, 0.3) is 0 Å². The second kappa shape index (κ2) is 13.6. The Morgan fingerprint density at radius 1 is 1.17 bits per heavy atom. The Bertz CT molecular complexity index is 879. The van der Waals surface area contributed by atoms with Gasteiger partial charge >= 0.3 is 5.97 Å². The fourth-order valence-corrected chi connectivity index (χ4v) is 3.79. The van der Waals surface area contributed by atoms with E-state index in [4.69, 9.17) is 4.74 Å². The Morgan fingerprint density at radius 3 is 2.77 bits per heavy atom. The van der Waals surface area contributed by atoms with Gasteiger partial charge in [-0.2, -0.15) is 11.3 Å². The number of allylic oxidation sites excluding steroid dienone is 3. The second-order valence-electron chi connectivity index (χ2n) is 7.63. The third-order valence-electron chi connectivity index (χ3n) is 4.75. The van der Waals surface area contributed by atoms with Crippen molar-refractivity contribution >= 4 is 23.4 Å². The molecule has 0 aliphatic carbocycles. The maximum Gasteiger partial charge on any atom is 0.308 e. The summed E-state index contributed by atoms with van der Waals surface area (Å²) in [6, 6.07) is 10.8. The van der Waals surface area contributed by atoms with Crippen LogP contribution < -0.4 is 0 Å². The van der Waals surface area contributed by atoms with Crippen LogP contribution in [-0.4, -0.2) is 13.1 Å². The van der Waals surface area contributed by atoms with E-state index < -0.39 is 0 Å². The summed E-state index contributed by atoms with van der Waals surface area (Å²) in [5.41, 5.74) is 3.75. The fourth-order valence-electron chi connectivity index (χ4n) is 3.13. The summed E-state index contributed by atoms with van der Waals surface area (Å²) in [6.07, 6.45) is 12.8. The molecule has 0 aliphatic rings.